The number of hydrogen-bond donors (Lipinski definition) is 4. The van der Waals surface area contributed by atoms with Crippen LogP contribution in [-0.4, -0.2) is 53.0 Å². The lowest BCUT2D eigenvalue weighted by Gasteiger charge is -2.30. The predicted octanol–water partition coefficient (Wildman–Crippen LogP) is 4.11. The number of rotatable bonds is 15. The van der Waals surface area contributed by atoms with E-state index in [-0.39, 0.29) is 38.5 Å². The summed E-state index contributed by atoms with van der Waals surface area (Å²) in [6.45, 7) is -0.598. The van der Waals surface area contributed by atoms with E-state index in [0.29, 0.717) is 17.5 Å². The number of benzene rings is 2. The molecule has 2 aromatic rings. The topological polar surface area (TPSA) is 82.0 Å². The maximum atomic E-state index is 14.6. The number of aliphatic hydroxyl groups excluding tert-OH is 2. The van der Waals surface area contributed by atoms with E-state index in [9.17, 15) is 23.4 Å². The van der Waals surface area contributed by atoms with E-state index in [2.05, 4.69) is 5.32 Å². The first kappa shape index (κ1) is 27.5. The maximum Gasteiger partial charge on any atom is 0.287 e. The molecular weight excluding hydrogens is 454 g/mol. The van der Waals surface area contributed by atoms with Crippen LogP contribution >= 0.6 is 9.24 Å². The van der Waals surface area contributed by atoms with E-state index >= 15 is 0 Å². The van der Waals surface area contributed by atoms with Gasteiger partial charge in [-0.2, -0.15) is 0 Å². The summed E-state index contributed by atoms with van der Waals surface area (Å²) in [4.78, 5) is 0. The van der Waals surface area contributed by atoms with E-state index < -0.39 is 30.5 Å². The molecule has 5 nitrogen and oxygen atoms in total. The number of nitrogens with one attached hydrogen (secondary N) is 1. The molecule has 0 bridgehead atoms. The first-order valence-corrected chi connectivity index (χ1v) is 11.5. The lowest BCUT2D eigenvalue weighted by Crippen LogP contribution is -2.43. The zero-order valence-corrected chi connectivity index (χ0v) is 19.7. The van der Waals surface area contributed by atoms with Crippen LogP contribution in [0.3, 0.4) is 0 Å². The molecule has 0 saturated heterocycles. The Balaban J connectivity index is 1.65. The van der Waals surface area contributed by atoms with Gasteiger partial charge in [0.1, 0.15) is 5.75 Å². The van der Waals surface area contributed by atoms with Crippen molar-refractivity contribution in [1.82, 2.24) is 5.32 Å². The fourth-order valence-corrected chi connectivity index (χ4v) is 3.53. The molecule has 4 N–H and O–H groups in total. The van der Waals surface area contributed by atoms with Gasteiger partial charge < -0.3 is 25.4 Å². The Morgan fingerprint density at radius 2 is 1.79 bits per heavy atom. The summed E-state index contributed by atoms with van der Waals surface area (Å²) in [5, 5.41) is 28.9. The predicted molar refractivity (Wildman–Crippen MR) is 125 cm³/mol. The fraction of sp³-hybridized carbons (Fsp3) is 0.500. The van der Waals surface area contributed by atoms with Gasteiger partial charge in [-0.05, 0) is 43.0 Å². The van der Waals surface area contributed by atoms with E-state index in [0.717, 1.165) is 12.0 Å². The van der Waals surface area contributed by atoms with E-state index in [1.54, 1.807) is 15.3 Å². The van der Waals surface area contributed by atoms with E-state index in [1.165, 1.54) is 12.1 Å². The second-order valence-electron chi connectivity index (χ2n) is 8.08. The van der Waals surface area contributed by atoms with Gasteiger partial charge in [-0.15, -0.1) is 0 Å². The highest BCUT2D eigenvalue weighted by molar-refractivity contribution is 7.18. The molecule has 0 radical (unpaired) electrons. The SMILES string of the molecule is OCc1ccc(C(O)CNCCCC(F)(F)C(F)(P)COCCCc2ccccc2)cc1O. The minimum atomic E-state index is -3.58. The molecule has 0 heterocycles. The smallest absolute Gasteiger partial charge is 0.287 e. The third kappa shape index (κ3) is 8.87. The number of aliphatic hydroxyl groups is 2. The number of phenols is 1. The number of ether oxygens (including phenoxy) is 1. The quantitative estimate of drug-likeness (QED) is 0.225. The van der Waals surface area contributed by atoms with Crippen LogP contribution in [0.5, 0.6) is 5.75 Å². The van der Waals surface area contributed by atoms with Crippen LogP contribution in [0.25, 0.3) is 0 Å². The number of aromatic hydroxyl groups is 1. The van der Waals surface area contributed by atoms with Crippen LogP contribution in [-0.2, 0) is 17.8 Å². The third-order valence-electron chi connectivity index (χ3n) is 5.36. The van der Waals surface area contributed by atoms with Gasteiger partial charge in [-0.3, -0.25) is 0 Å². The Hall–Kier alpha value is -1.70. The zero-order chi connectivity index (χ0) is 24.3. The summed E-state index contributed by atoms with van der Waals surface area (Å²) < 4.78 is 48.4. The van der Waals surface area contributed by atoms with Crippen molar-refractivity contribution >= 4 is 9.24 Å². The highest BCUT2D eigenvalue weighted by Crippen LogP contribution is 2.41. The van der Waals surface area contributed by atoms with Crippen LogP contribution in [0.15, 0.2) is 48.5 Å². The summed E-state index contributed by atoms with van der Waals surface area (Å²) >= 11 is 0. The van der Waals surface area contributed by atoms with Crippen molar-refractivity contribution in [2.24, 2.45) is 0 Å². The Morgan fingerprint density at radius 3 is 2.45 bits per heavy atom. The minimum absolute atomic E-state index is 0.00248. The third-order valence-corrected chi connectivity index (χ3v) is 5.95. The molecule has 0 aliphatic heterocycles. The number of halogens is 3. The number of aryl methyl sites for hydroxylation is 1. The van der Waals surface area contributed by atoms with Gasteiger partial charge in [-0.25, -0.2) is 13.2 Å². The maximum absolute atomic E-state index is 14.6. The molecule has 0 amide bonds. The van der Waals surface area contributed by atoms with Gasteiger partial charge in [0.25, 0.3) is 5.92 Å². The molecule has 2 rings (SSSR count). The van der Waals surface area contributed by atoms with Gasteiger partial charge in [0.2, 0.25) is 5.41 Å². The molecule has 0 aliphatic carbocycles. The van der Waals surface area contributed by atoms with Crippen LogP contribution < -0.4 is 5.32 Å². The Kier molecular flexibility index (Phi) is 11.1. The zero-order valence-electron chi connectivity index (χ0n) is 18.5. The molecule has 3 atom stereocenters. The Labute approximate surface area is 195 Å². The van der Waals surface area contributed by atoms with Gasteiger partial charge in [0.15, 0.2) is 0 Å². The molecule has 0 aliphatic rings. The summed E-state index contributed by atoms with van der Waals surface area (Å²) in [6.07, 6.45) is -0.285. The molecule has 0 aromatic heterocycles. The van der Waals surface area contributed by atoms with Crippen molar-refractivity contribution < 1.29 is 33.2 Å². The average molecular weight is 487 g/mol. The molecule has 184 valence electrons. The lowest BCUT2D eigenvalue weighted by molar-refractivity contribution is -0.124. The van der Waals surface area contributed by atoms with E-state index in [4.69, 9.17) is 9.84 Å². The normalized spacial score (nSPS) is 14.7. The minimum Gasteiger partial charge on any atom is -0.508 e. The largest absolute Gasteiger partial charge is 0.508 e. The van der Waals surface area contributed by atoms with Gasteiger partial charge in [0.05, 0.1) is 19.3 Å². The van der Waals surface area contributed by atoms with Crippen LogP contribution in [0.1, 0.15) is 42.1 Å². The second-order valence-corrected chi connectivity index (χ2v) is 8.99. The average Bonchev–Trinajstić information content (AvgIpc) is 2.78. The molecule has 9 heteroatoms. The highest BCUT2D eigenvalue weighted by Gasteiger charge is 2.50. The molecule has 33 heavy (non-hydrogen) atoms. The lowest BCUT2D eigenvalue weighted by atomic mass is 10.1. The summed E-state index contributed by atoms with van der Waals surface area (Å²) in [5.74, 6) is -3.71. The highest BCUT2D eigenvalue weighted by atomic mass is 31.0. The standard InChI is InChI=1S/C24H33F3NO4P/c25-23(26,24(27,33)17-32-13-4-8-18-6-2-1-3-7-18)11-5-12-28-15-22(31)19-9-10-20(16-29)21(30)14-19/h1-3,6-7,9-10,14,22,28-31H,4-5,8,11-13,15-17,33H2. The fourth-order valence-electron chi connectivity index (χ4n) is 3.27. The first-order valence-electron chi connectivity index (χ1n) is 10.9. The van der Waals surface area contributed by atoms with Crippen molar-refractivity contribution in [1.29, 1.82) is 0 Å². The molecule has 3 unspecified atom stereocenters. The Bertz CT molecular complexity index is 840. The summed E-state index contributed by atoms with van der Waals surface area (Å²) in [7, 11) is 1.59. The second kappa shape index (κ2) is 13.3. The number of hydrogen-bond acceptors (Lipinski definition) is 5. The van der Waals surface area contributed by atoms with E-state index in [1.807, 2.05) is 30.3 Å². The van der Waals surface area contributed by atoms with Crippen molar-refractivity contribution in [2.45, 2.75) is 49.7 Å². The van der Waals surface area contributed by atoms with Crippen molar-refractivity contribution in [3.05, 3.63) is 65.2 Å². The molecule has 0 spiro atoms. The van der Waals surface area contributed by atoms with Gasteiger partial charge >= 0.3 is 0 Å². The molecule has 0 fully saturated rings. The van der Waals surface area contributed by atoms with Crippen molar-refractivity contribution in [3.63, 3.8) is 0 Å². The summed E-state index contributed by atoms with van der Waals surface area (Å²) in [5.41, 5.74) is 1.88. The van der Waals surface area contributed by atoms with Crippen LogP contribution in [0.2, 0.25) is 0 Å². The van der Waals surface area contributed by atoms with Crippen LogP contribution in [0.4, 0.5) is 13.2 Å². The van der Waals surface area contributed by atoms with Gasteiger partial charge in [-0.1, -0.05) is 51.7 Å². The van der Waals surface area contributed by atoms with Crippen LogP contribution in [0, 0.1) is 0 Å². The van der Waals surface area contributed by atoms with Crippen molar-refractivity contribution in [3.8, 4) is 5.75 Å². The number of alkyl halides is 3. The van der Waals surface area contributed by atoms with Gasteiger partial charge in [0, 0.05) is 25.1 Å². The Morgan fingerprint density at radius 1 is 1.06 bits per heavy atom. The molecule has 0 saturated carbocycles. The monoisotopic (exact) mass is 487 g/mol. The van der Waals surface area contributed by atoms with Crippen molar-refractivity contribution in [2.75, 3.05) is 26.3 Å². The summed E-state index contributed by atoms with van der Waals surface area (Å²) in [6, 6.07) is 14.1. The first-order chi connectivity index (χ1) is 15.7. The molecular formula is C24H33F3NO4P. The molecule has 2 aromatic carbocycles.